The number of aryl methyl sites for hydroxylation is 1. The standard InChI is InChI=1S/C8H12N6/c1-14-5-6(3-12-14)2-10-7-4-11-13-8(7)9/h3-5,10H,2H2,1H3,(H3,9,11,13). The number of rotatable bonds is 3. The molecule has 14 heavy (non-hydrogen) atoms. The molecule has 0 radical (unpaired) electrons. The summed E-state index contributed by atoms with van der Waals surface area (Å²) >= 11 is 0. The van der Waals surface area contributed by atoms with E-state index in [0.29, 0.717) is 12.4 Å². The summed E-state index contributed by atoms with van der Waals surface area (Å²) in [5.74, 6) is 0.550. The number of H-pyrrole nitrogens is 1. The number of nitrogens with zero attached hydrogens (tertiary/aromatic N) is 3. The lowest BCUT2D eigenvalue weighted by Crippen LogP contribution is -2.00. The monoisotopic (exact) mass is 192 g/mol. The Balaban J connectivity index is 1.98. The first kappa shape index (κ1) is 8.61. The normalized spacial score (nSPS) is 10.4. The quantitative estimate of drug-likeness (QED) is 0.654. The van der Waals surface area contributed by atoms with Crippen LogP contribution in [-0.4, -0.2) is 20.0 Å². The Morgan fingerprint density at radius 2 is 2.43 bits per heavy atom. The number of aromatic nitrogens is 4. The molecular formula is C8H12N6. The lowest BCUT2D eigenvalue weighted by Gasteiger charge is -2.01. The highest BCUT2D eigenvalue weighted by Gasteiger charge is 2.00. The molecule has 74 valence electrons. The van der Waals surface area contributed by atoms with E-state index in [2.05, 4.69) is 20.6 Å². The Bertz CT molecular complexity index is 415. The van der Waals surface area contributed by atoms with Crippen molar-refractivity contribution in [2.45, 2.75) is 6.54 Å². The Kier molecular flexibility index (Phi) is 2.10. The molecule has 0 aliphatic carbocycles. The first-order valence-corrected chi connectivity index (χ1v) is 4.26. The lowest BCUT2D eigenvalue weighted by atomic mass is 10.3. The maximum absolute atomic E-state index is 5.61. The van der Waals surface area contributed by atoms with E-state index in [9.17, 15) is 0 Å². The van der Waals surface area contributed by atoms with Crippen LogP contribution < -0.4 is 11.1 Å². The zero-order valence-corrected chi connectivity index (χ0v) is 7.86. The van der Waals surface area contributed by atoms with E-state index in [-0.39, 0.29) is 0 Å². The summed E-state index contributed by atoms with van der Waals surface area (Å²) < 4.78 is 1.76. The van der Waals surface area contributed by atoms with Gasteiger partial charge in [0.1, 0.15) is 5.82 Å². The van der Waals surface area contributed by atoms with Gasteiger partial charge in [-0.3, -0.25) is 9.78 Å². The molecule has 2 heterocycles. The van der Waals surface area contributed by atoms with Gasteiger partial charge < -0.3 is 11.1 Å². The molecule has 0 saturated heterocycles. The van der Waals surface area contributed by atoms with E-state index in [4.69, 9.17) is 5.73 Å². The smallest absolute Gasteiger partial charge is 0.142 e. The van der Waals surface area contributed by atoms with Crippen LogP contribution in [0.25, 0.3) is 0 Å². The second-order valence-electron chi connectivity index (χ2n) is 3.07. The van der Waals surface area contributed by atoms with Gasteiger partial charge in [-0.15, -0.1) is 0 Å². The van der Waals surface area contributed by atoms with Crippen LogP contribution in [0.5, 0.6) is 0 Å². The van der Waals surface area contributed by atoms with Crippen LogP contribution in [0.1, 0.15) is 5.56 Å². The summed E-state index contributed by atoms with van der Waals surface area (Å²) in [7, 11) is 1.88. The van der Waals surface area contributed by atoms with Gasteiger partial charge in [0.05, 0.1) is 18.1 Å². The summed E-state index contributed by atoms with van der Waals surface area (Å²) in [6.07, 6.45) is 5.41. The summed E-state index contributed by atoms with van der Waals surface area (Å²) in [5.41, 5.74) is 7.53. The van der Waals surface area contributed by atoms with Crippen molar-refractivity contribution in [1.82, 2.24) is 20.0 Å². The summed E-state index contributed by atoms with van der Waals surface area (Å²) in [5, 5.41) is 13.7. The SMILES string of the molecule is Cn1cc(CNc2cn[nH]c2N)cn1. The van der Waals surface area contributed by atoms with Crippen molar-refractivity contribution in [3.05, 3.63) is 24.2 Å². The molecule has 0 aromatic carbocycles. The molecule has 0 unspecified atom stereocenters. The maximum Gasteiger partial charge on any atom is 0.142 e. The van der Waals surface area contributed by atoms with Crippen molar-refractivity contribution < 1.29 is 0 Å². The third kappa shape index (κ3) is 1.68. The Morgan fingerprint density at radius 3 is 3.00 bits per heavy atom. The zero-order valence-electron chi connectivity index (χ0n) is 7.86. The predicted molar refractivity (Wildman–Crippen MR) is 53.5 cm³/mol. The minimum atomic E-state index is 0.550. The van der Waals surface area contributed by atoms with Gasteiger partial charge in [0.15, 0.2) is 0 Å². The largest absolute Gasteiger partial charge is 0.382 e. The molecule has 0 aliphatic heterocycles. The van der Waals surface area contributed by atoms with Crippen molar-refractivity contribution in [3.8, 4) is 0 Å². The van der Waals surface area contributed by atoms with Gasteiger partial charge in [-0.2, -0.15) is 10.2 Å². The molecule has 0 amide bonds. The average molecular weight is 192 g/mol. The molecule has 2 aromatic rings. The molecule has 0 atom stereocenters. The van der Waals surface area contributed by atoms with Gasteiger partial charge in [-0.05, 0) is 0 Å². The van der Waals surface area contributed by atoms with Crippen molar-refractivity contribution in [1.29, 1.82) is 0 Å². The molecule has 2 rings (SSSR count). The van der Waals surface area contributed by atoms with Gasteiger partial charge in [0, 0.05) is 25.4 Å². The summed E-state index contributed by atoms with van der Waals surface area (Å²) in [6, 6.07) is 0. The van der Waals surface area contributed by atoms with Crippen LogP contribution >= 0.6 is 0 Å². The van der Waals surface area contributed by atoms with Crippen molar-refractivity contribution in [2.24, 2.45) is 7.05 Å². The van der Waals surface area contributed by atoms with Crippen LogP contribution in [0.4, 0.5) is 11.5 Å². The molecule has 4 N–H and O–H groups in total. The Hall–Kier alpha value is -1.98. The molecule has 0 saturated carbocycles. The third-order valence-electron chi connectivity index (χ3n) is 1.91. The van der Waals surface area contributed by atoms with E-state index in [1.807, 2.05) is 19.4 Å². The number of nitrogens with one attached hydrogen (secondary N) is 2. The van der Waals surface area contributed by atoms with Gasteiger partial charge in [-0.25, -0.2) is 0 Å². The number of hydrogen-bond donors (Lipinski definition) is 3. The first-order valence-electron chi connectivity index (χ1n) is 4.26. The van der Waals surface area contributed by atoms with Gasteiger partial charge in [-0.1, -0.05) is 0 Å². The van der Waals surface area contributed by atoms with Crippen molar-refractivity contribution in [3.63, 3.8) is 0 Å². The molecule has 6 heteroatoms. The number of aromatic amines is 1. The fourth-order valence-corrected chi connectivity index (χ4v) is 1.20. The van der Waals surface area contributed by atoms with Gasteiger partial charge >= 0.3 is 0 Å². The Morgan fingerprint density at radius 1 is 1.57 bits per heavy atom. The summed E-state index contributed by atoms with van der Waals surface area (Å²) in [6.45, 7) is 0.692. The minimum Gasteiger partial charge on any atom is -0.382 e. The molecule has 0 aliphatic rings. The minimum absolute atomic E-state index is 0.550. The van der Waals surface area contributed by atoms with Crippen LogP contribution in [0.2, 0.25) is 0 Å². The molecule has 0 fully saturated rings. The lowest BCUT2D eigenvalue weighted by molar-refractivity contribution is 0.767. The second-order valence-corrected chi connectivity index (χ2v) is 3.07. The molecule has 6 nitrogen and oxygen atoms in total. The highest BCUT2D eigenvalue weighted by atomic mass is 15.2. The third-order valence-corrected chi connectivity index (χ3v) is 1.91. The number of anilines is 2. The van der Waals surface area contributed by atoms with Crippen LogP contribution in [0.15, 0.2) is 18.6 Å². The summed E-state index contributed by atoms with van der Waals surface area (Å²) in [4.78, 5) is 0. The van der Waals surface area contributed by atoms with E-state index in [1.54, 1.807) is 10.9 Å². The molecular weight excluding hydrogens is 180 g/mol. The van der Waals surface area contributed by atoms with Crippen LogP contribution in [0.3, 0.4) is 0 Å². The van der Waals surface area contributed by atoms with Crippen LogP contribution in [0, 0.1) is 0 Å². The maximum atomic E-state index is 5.61. The Labute approximate surface area is 81.1 Å². The van der Waals surface area contributed by atoms with Crippen molar-refractivity contribution >= 4 is 11.5 Å². The number of nitrogens with two attached hydrogens (primary N) is 1. The highest BCUT2D eigenvalue weighted by molar-refractivity contribution is 5.59. The number of nitrogen functional groups attached to an aromatic ring is 1. The van der Waals surface area contributed by atoms with E-state index < -0.39 is 0 Å². The molecule has 0 spiro atoms. The van der Waals surface area contributed by atoms with Crippen LogP contribution in [-0.2, 0) is 13.6 Å². The van der Waals surface area contributed by atoms with Gasteiger partial charge in [0.25, 0.3) is 0 Å². The molecule has 0 bridgehead atoms. The van der Waals surface area contributed by atoms with E-state index in [1.165, 1.54) is 0 Å². The highest BCUT2D eigenvalue weighted by Crippen LogP contribution is 2.13. The van der Waals surface area contributed by atoms with Gasteiger partial charge in [0.2, 0.25) is 0 Å². The molecule has 2 aromatic heterocycles. The first-order chi connectivity index (χ1) is 6.75. The fraction of sp³-hybridized carbons (Fsp3) is 0.250. The fourth-order valence-electron chi connectivity index (χ4n) is 1.20. The predicted octanol–water partition coefficient (Wildman–Crippen LogP) is 0.337. The van der Waals surface area contributed by atoms with Crippen molar-refractivity contribution in [2.75, 3.05) is 11.1 Å². The topological polar surface area (TPSA) is 84.5 Å². The van der Waals surface area contributed by atoms with E-state index in [0.717, 1.165) is 11.3 Å². The second kappa shape index (κ2) is 3.41. The average Bonchev–Trinajstić information content (AvgIpc) is 2.72. The van der Waals surface area contributed by atoms with E-state index >= 15 is 0 Å². The number of hydrogen-bond acceptors (Lipinski definition) is 4. The zero-order chi connectivity index (χ0) is 9.97.